The molecule has 0 amide bonds. The highest BCUT2D eigenvalue weighted by atomic mass is 35.5. The van der Waals surface area contributed by atoms with E-state index in [4.69, 9.17) is 16.3 Å². The van der Waals surface area contributed by atoms with Crippen LogP contribution in [0.1, 0.15) is 22.5 Å². The van der Waals surface area contributed by atoms with Gasteiger partial charge in [-0.3, -0.25) is 0 Å². The molecule has 0 fully saturated rings. The van der Waals surface area contributed by atoms with Crippen molar-refractivity contribution in [2.45, 2.75) is 31.4 Å². The minimum Gasteiger partial charge on any atom is -0.485 e. The van der Waals surface area contributed by atoms with Crippen molar-refractivity contribution >= 4 is 23.4 Å². The number of aromatic nitrogens is 3. The van der Waals surface area contributed by atoms with Gasteiger partial charge in [-0.05, 0) is 48.7 Å². The van der Waals surface area contributed by atoms with E-state index < -0.39 is 0 Å². The molecule has 25 heavy (non-hydrogen) atoms. The Bertz CT molecular complexity index is 862. The van der Waals surface area contributed by atoms with Crippen molar-refractivity contribution < 1.29 is 4.74 Å². The van der Waals surface area contributed by atoms with Crippen LogP contribution in [0.3, 0.4) is 0 Å². The molecular weight excluding hydrogens is 354 g/mol. The predicted molar refractivity (Wildman–Crippen MR) is 102 cm³/mol. The fraction of sp³-hybridized carbons (Fsp3) is 0.263. The van der Waals surface area contributed by atoms with Gasteiger partial charge in [0, 0.05) is 17.8 Å². The van der Waals surface area contributed by atoms with Crippen LogP contribution in [0, 0.1) is 13.8 Å². The van der Waals surface area contributed by atoms with Crippen molar-refractivity contribution in [1.82, 2.24) is 14.8 Å². The molecule has 1 aromatic heterocycles. The summed E-state index contributed by atoms with van der Waals surface area (Å²) in [7, 11) is 1.96. The Morgan fingerprint density at radius 1 is 1.08 bits per heavy atom. The maximum Gasteiger partial charge on any atom is 0.191 e. The Morgan fingerprint density at radius 2 is 1.84 bits per heavy atom. The van der Waals surface area contributed by atoms with Crippen molar-refractivity contribution in [3.63, 3.8) is 0 Å². The summed E-state index contributed by atoms with van der Waals surface area (Å²) in [6.45, 7) is 4.54. The van der Waals surface area contributed by atoms with Crippen LogP contribution >= 0.6 is 23.4 Å². The van der Waals surface area contributed by atoms with Crippen LogP contribution in [-0.2, 0) is 19.4 Å². The Balaban J connectivity index is 1.62. The van der Waals surface area contributed by atoms with Gasteiger partial charge >= 0.3 is 0 Å². The monoisotopic (exact) mass is 373 g/mol. The SMILES string of the molecule is Cc1cccc(OCc2nnc(SCc3ccc(Cl)cc3)n2C)c1C. The minimum atomic E-state index is 0.398. The Kier molecular flexibility index (Phi) is 5.66. The van der Waals surface area contributed by atoms with Crippen LogP contribution in [-0.4, -0.2) is 14.8 Å². The van der Waals surface area contributed by atoms with E-state index >= 15 is 0 Å². The van der Waals surface area contributed by atoms with E-state index in [1.54, 1.807) is 11.8 Å². The standard InChI is InChI=1S/C19H20ClN3OS/c1-13-5-4-6-17(14(13)2)24-11-18-21-22-19(23(18)3)25-12-15-7-9-16(20)10-8-15/h4-10H,11-12H2,1-3H3. The molecule has 0 N–H and O–H groups in total. The maximum atomic E-state index is 5.93. The third-order valence-electron chi connectivity index (χ3n) is 4.12. The zero-order valence-electron chi connectivity index (χ0n) is 14.5. The highest BCUT2D eigenvalue weighted by Gasteiger charge is 2.11. The number of thioether (sulfide) groups is 1. The molecular formula is C19H20ClN3OS. The second-order valence-electron chi connectivity index (χ2n) is 5.86. The molecule has 0 saturated heterocycles. The highest BCUT2D eigenvalue weighted by molar-refractivity contribution is 7.98. The van der Waals surface area contributed by atoms with Crippen LogP contribution < -0.4 is 4.74 Å². The summed E-state index contributed by atoms with van der Waals surface area (Å²) >= 11 is 7.56. The summed E-state index contributed by atoms with van der Waals surface area (Å²) in [5.74, 6) is 2.51. The number of halogens is 1. The normalized spacial score (nSPS) is 10.9. The van der Waals surface area contributed by atoms with Crippen molar-refractivity contribution in [3.05, 3.63) is 70.0 Å². The zero-order valence-corrected chi connectivity index (χ0v) is 16.1. The van der Waals surface area contributed by atoms with E-state index in [2.05, 4.69) is 30.1 Å². The minimum absolute atomic E-state index is 0.398. The highest BCUT2D eigenvalue weighted by Crippen LogP contribution is 2.24. The zero-order chi connectivity index (χ0) is 17.8. The molecule has 0 bridgehead atoms. The van der Waals surface area contributed by atoms with Crippen LogP contribution in [0.4, 0.5) is 0 Å². The number of hydrogen-bond donors (Lipinski definition) is 0. The first-order valence-electron chi connectivity index (χ1n) is 7.99. The molecule has 0 saturated carbocycles. The topological polar surface area (TPSA) is 39.9 Å². The molecule has 0 aliphatic carbocycles. The molecule has 130 valence electrons. The van der Waals surface area contributed by atoms with Crippen LogP contribution in [0.5, 0.6) is 5.75 Å². The second kappa shape index (κ2) is 7.93. The average Bonchev–Trinajstić information content (AvgIpc) is 2.96. The molecule has 6 heteroatoms. The van der Waals surface area contributed by atoms with Gasteiger partial charge in [-0.1, -0.05) is 47.6 Å². The van der Waals surface area contributed by atoms with E-state index in [1.165, 1.54) is 11.1 Å². The molecule has 3 aromatic rings. The number of aryl methyl sites for hydroxylation is 1. The predicted octanol–water partition coefficient (Wildman–Crippen LogP) is 4.96. The lowest BCUT2D eigenvalue weighted by Crippen LogP contribution is -2.05. The molecule has 0 radical (unpaired) electrons. The quantitative estimate of drug-likeness (QED) is 0.573. The van der Waals surface area contributed by atoms with Crippen LogP contribution in [0.15, 0.2) is 47.6 Å². The number of benzene rings is 2. The summed E-state index contributed by atoms with van der Waals surface area (Å²) in [6.07, 6.45) is 0. The van der Waals surface area contributed by atoms with Crippen LogP contribution in [0.25, 0.3) is 0 Å². The first kappa shape index (κ1) is 17.8. The van der Waals surface area contributed by atoms with Gasteiger partial charge in [-0.2, -0.15) is 0 Å². The maximum absolute atomic E-state index is 5.93. The fourth-order valence-electron chi connectivity index (χ4n) is 2.35. The van der Waals surface area contributed by atoms with Crippen molar-refractivity contribution in [1.29, 1.82) is 0 Å². The van der Waals surface area contributed by atoms with Gasteiger partial charge in [0.15, 0.2) is 11.0 Å². The molecule has 3 rings (SSSR count). The number of nitrogens with zero attached hydrogens (tertiary/aromatic N) is 3. The van der Waals surface area contributed by atoms with Crippen LogP contribution in [0.2, 0.25) is 5.02 Å². The van der Waals surface area contributed by atoms with Gasteiger partial charge in [-0.15, -0.1) is 10.2 Å². The third-order valence-corrected chi connectivity index (χ3v) is 5.46. The van der Waals surface area contributed by atoms with Crippen molar-refractivity contribution in [2.24, 2.45) is 7.05 Å². The Hall–Kier alpha value is -1.98. The number of hydrogen-bond acceptors (Lipinski definition) is 4. The van der Waals surface area contributed by atoms with Gasteiger partial charge in [0.1, 0.15) is 12.4 Å². The first-order chi connectivity index (χ1) is 12.0. The fourth-order valence-corrected chi connectivity index (χ4v) is 3.36. The number of rotatable bonds is 6. The molecule has 0 aliphatic heterocycles. The largest absolute Gasteiger partial charge is 0.485 e. The first-order valence-corrected chi connectivity index (χ1v) is 9.35. The van der Waals surface area contributed by atoms with Gasteiger partial charge < -0.3 is 9.30 Å². The summed E-state index contributed by atoms with van der Waals surface area (Å²) in [5, 5.41) is 10.1. The van der Waals surface area contributed by atoms with E-state index in [-0.39, 0.29) is 0 Å². The summed E-state index contributed by atoms with van der Waals surface area (Å²) < 4.78 is 7.90. The van der Waals surface area contributed by atoms with E-state index in [0.717, 1.165) is 33.1 Å². The molecule has 1 heterocycles. The Morgan fingerprint density at radius 3 is 2.60 bits per heavy atom. The van der Waals surface area contributed by atoms with Gasteiger partial charge in [0.2, 0.25) is 0 Å². The lowest BCUT2D eigenvalue weighted by atomic mass is 10.1. The second-order valence-corrected chi connectivity index (χ2v) is 7.24. The van der Waals surface area contributed by atoms with E-state index in [0.29, 0.717) is 6.61 Å². The van der Waals surface area contributed by atoms with E-state index in [9.17, 15) is 0 Å². The molecule has 0 spiro atoms. The molecule has 0 aliphatic rings. The molecule has 0 unspecified atom stereocenters. The molecule has 4 nitrogen and oxygen atoms in total. The lowest BCUT2D eigenvalue weighted by Gasteiger charge is -2.10. The third kappa shape index (κ3) is 4.35. The van der Waals surface area contributed by atoms with E-state index in [1.807, 2.05) is 48.0 Å². The summed E-state index contributed by atoms with van der Waals surface area (Å²) in [4.78, 5) is 0. The summed E-state index contributed by atoms with van der Waals surface area (Å²) in [6, 6.07) is 13.9. The number of ether oxygens (including phenoxy) is 1. The van der Waals surface area contributed by atoms with Crippen molar-refractivity contribution in [2.75, 3.05) is 0 Å². The van der Waals surface area contributed by atoms with Gasteiger partial charge in [0.05, 0.1) is 0 Å². The van der Waals surface area contributed by atoms with Gasteiger partial charge in [0.25, 0.3) is 0 Å². The van der Waals surface area contributed by atoms with Crippen molar-refractivity contribution in [3.8, 4) is 5.75 Å². The average molecular weight is 374 g/mol. The molecule has 2 aromatic carbocycles. The van der Waals surface area contributed by atoms with Gasteiger partial charge in [-0.25, -0.2) is 0 Å². The summed E-state index contributed by atoms with van der Waals surface area (Å²) in [5.41, 5.74) is 3.57. The Labute approximate surface area is 157 Å². The smallest absolute Gasteiger partial charge is 0.191 e. The lowest BCUT2D eigenvalue weighted by molar-refractivity contribution is 0.288. The molecule has 0 atom stereocenters.